The predicted molar refractivity (Wildman–Crippen MR) is 99.3 cm³/mol. The lowest BCUT2D eigenvalue weighted by Crippen LogP contribution is -2.35. The van der Waals surface area contributed by atoms with Gasteiger partial charge in [0, 0.05) is 55.2 Å². The molecule has 1 amide bonds. The molecule has 140 valence electrons. The fourth-order valence-corrected chi connectivity index (χ4v) is 4.78. The van der Waals surface area contributed by atoms with Crippen LogP contribution in [0.1, 0.15) is 51.4 Å². The number of aryl methyl sites for hydroxylation is 1. The van der Waals surface area contributed by atoms with Crippen molar-refractivity contribution in [3.05, 3.63) is 39.4 Å². The number of carbonyl (C=O) groups is 1. The summed E-state index contributed by atoms with van der Waals surface area (Å²) in [5.74, 6) is 0.644. The molecule has 7 heteroatoms. The molecule has 0 radical (unpaired) electrons. The summed E-state index contributed by atoms with van der Waals surface area (Å²) in [4.78, 5) is 19.6. The number of hydrogen-bond donors (Lipinski definition) is 0. The lowest BCUT2D eigenvalue weighted by atomic mass is 10.2. The molecule has 4 rings (SSSR count). The second-order valence-corrected chi connectivity index (χ2v) is 8.25. The SMILES string of the molecule is Cc1cc(C(=O)N2CCCN(Cc3ccc(C4CCCO4)s3)CC2)no1. The Morgan fingerprint density at radius 3 is 2.96 bits per heavy atom. The minimum absolute atomic E-state index is 0.0273. The maximum atomic E-state index is 12.6. The topological polar surface area (TPSA) is 58.8 Å². The molecule has 2 aliphatic rings. The summed E-state index contributed by atoms with van der Waals surface area (Å²) in [6, 6.07) is 6.16. The third-order valence-electron chi connectivity index (χ3n) is 5.03. The highest BCUT2D eigenvalue weighted by Crippen LogP contribution is 2.33. The summed E-state index contributed by atoms with van der Waals surface area (Å²) < 4.78 is 10.8. The van der Waals surface area contributed by atoms with Crippen LogP contribution in [0.2, 0.25) is 0 Å². The molecule has 1 unspecified atom stereocenters. The van der Waals surface area contributed by atoms with E-state index >= 15 is 0 Å². The van der Waals surface area contributed by atoms with E-state index in [9.17, 15) is 4.79 Å². The first-order valence-corrected chi connectivity index (χ1v) is 10.2. The molecule has 2 saturated heterocycles. The maximum absolute atomic E-state index is 12.6. The Hall–Kier alpha value is -1.70. The maximum Gasteiger partial charge on any atom is 0.276 e. The molecule has 2 aliphatic heterocycles. The van der Waals surface area contributed by atoms with Crippen LogP contribution in [-0.4, -0.2) is 53.6 Å². The van der Waals surface area contributed by atoms with Crippen molar-refractivity contribution in [3.8, 4) is 0 Å². The highest BCUT2D eigenvalue weighted by molar-refractivity contribution is 7.12. The second kappa shape index (κ2) is 7.90. The van der Waals surface area contributed by atoms with Crippen LogP contribution in [0.25, 0.3) is 0 Å². The third-order valence-corrected chi connectivity index (χ3v) is 6.19. The fourth-order valence-electron chi connectivity index (χ4n) is 3.64. The lowest BCUT2D eigenvalue weighted by Gasteiger charge is -2.20. The van der Waals surface area contributed by atoms with Crippen molar-refractivity contribution in [1.82, 2.24) is 15.0 Å². The van der Waals surface area contributed by atoms with Crippen LogP contribution in [0, 0.1) is 6.92 Å². The molecule has 1 atom stereocenters. The first kappa shape index (κ1) is 17.7. The Morgan fingerprint density at radius 1 is 1.27 bits per heavy atom. The number of amides is 1. The molecular weight excluding hydrogens is 350 g/mol. The average molecular weight is 375 g/mol. The van der Waals surface area contributed by atoms with Crippen LogP contribution >= 0.6 is 11.3 Å². The number of hydrogen-bond acceptors (Lipinski definition) is 6. The van der Waals surface area contributed by atoms with Gasteiger partial charge in [0.25, 0.3) is 5.91 Å². The van der Waals surface area contributed by atoms with E-state index in [1.165, 1.54) is 16.2 Å². The molecule has 2 aromatic heterocycles. The summed E-state index contributed by atoms with van der Waals surface area (Å²) in [6.45, 7) is 7.04. The molecule has 2 aromatic rings. The summed E-state index contributed by atoms with van der Waals surface area (Å²) in [5, 5.41) is 3.86. The molecule has 26 heavy (non-hydrogen) atoms. The van der Waals surface area contributed by atoms with Gasteiger partial charge in [-0.25, -0.2) is 0 Å². The standard InChI is InChI=1S/C19H25N3O3S/c1-14-12-16(20-25-14)19(23)22-8-3-7-21(9-10-22)13-15-5-6-18(26-15)17-4-2-11-24-17/h5-6,12,17H,2-4,7-11,13H2,1H3. The van der Waals surface area contributed by atoms with Gasteiger partial charge in [-0.3, -0.25) is 9.69 Å². The Bertz CT molecular complexity index is 751. The van der Waals surface area contributed by atoms with Gasteiger partial charge in [-0.1, -0.05) is 5.16 Å². The van der Waals surface area contributed by atoms with Crippen molar-refractivity contribution in [2.75, 3.05) is 32.8 Å². The first-order chi connectivity index (χ1) is 12.7. The molecule has 4 heterocycles. The molecule has 6 nitrogen and oxygen atoms in total. The van der Waals surface area contributed by atoms with Crippen molar-refractivity contribution in [3.63, 3.8) is 0 Å². The van der Waals surface area contributed by atoms with Gasteiger partial charge in [-0.2, -0.15) is 0 Å². The number of carbonyl (C=O) groups excluding carboxylic acids is 1. The van der Waals surface area contributed by atoms with E-state index in [0.29, 0.717) is 17.6 Å². The quantitative estimate of drug-likeness (QED) is 0.821. The van der Waals surface area contributed by atoms with E-state index < -0.39 is 0 Å². The van der Waals surface area contributed by atoms with Gasteiger partial charge >= 0.3 is 0 Å². The van der Waals surface area contributed by atoms with Crippen LogP contribution in [0.5, 0.6) is 0 Å². The van der Waals surface area contributed by atoms with Crippen LogP contribution in [0.3, 0.4) is 0 Å². The van der Waals surface area contributed by atoms with Crippen molar-refractivity contribution >= 4 is 17.2 Å². The molecule has 0 aromatic carbocycles. The summed E-state index contributed by atoms with van der Waals surface area (Å²) >= 11 is 1.87. The zero-order chi connectivity index (χ0) is 17.9. The van der Waals surface area contributed by atoms with Crippen molar-refractivity contribution in [2.45, 2.75) is 38.8 Å². The van der Waals surface area contributed by atoms with E-state index in [1.54, 1.807) is 13.0 Å². The molecule has 0 bridgehead atoms. The van der Waals surface area contributed by atoms with Crippen LogP contribution in [0.15, 0.2) is 22.7 Å². The van der Waals surface area contributed by atoms with Crippen molar-refractivity contribution in [1.29, 1.82) is 0 Å². The van der Waals surface area contributed by atoms with Crippen molar-refractivity contribution in [2.24, 2.45) is 0 Å². The zero-order valence-electron chi connectivity index (χ0n) is 15.1. The minimum atomic E-state index is -0.0273. The van der Waals surface area contributed by atoms with Crippen LogP contribution in [-0.2, 0) is 11.3 Å². The van der Waals surface area contributed by atoms with Gasteiger partial charge in [0.05, 0.1) is 6.10 Å². The molecule has 0 spiro atoms. The van der Waals surface area contributed by atoms with Crippen LogP contribution in [0.4, 0.5) is 0 Å². The second-order valence-electron chi connectivity index (χ2n) is 7.05. The molecule has 0 saturated carbocycles. The number of rotatable bonds is 4. The summed E-state index contributed by atoms with van der Waals surface area (Å²) in [7, 11) is 0. The molecule has 0 aliphatic carbocycles. The highest BCUT2D eigenvalue weighted by atomic mass is 32.1. The van der Waals surface area contributed by atoms with E-state index in [1.807, 2.05) is 16.2 Å². The van der Waals surface area contributed by atoms with E-state index in [-0.39, 0.29) is 5.91 Å². The monoisotopic (exact) mass is 375 g/mol. The van der Waals surface area contributed by atoms with E-state index in [2.05, 4.69) is 22.2 Å². The first-order valence-electron chi connectivity index (χ1n) is 9.34. The van der Waals surface area contributed by atoms with Crippen molar-refractivity contribution < 1.29 is 14.1 Å². The number of aromatic nitrogens is 1. The highest BCUT2D eigenvalue weighted by Gasteiger charge is 2.24. The number of ether oxygens (including phenoxy) is 1. The van der Waals surface area contributed by atoms with Crippen LogP contribution < -0.4 is 0 Å². The Morgan fingerprint density at radius 2 is 2.19 bits per heavy atom. The van der Waals surface area contributed by atoms with Gasteiger partial charge in [0.15, 0.2) is 5.69 Å². The summed E-state index contributed by atoms with van der Waals surface area (Å²) in [5.41, 5.74) is 0.412. The summed E-state index contributed by atoms with van der Waals surface area (Å²) in [6.07, 6.45) is 3.59. The Labute approximate surface area is 157 Å². The normalized spacial score (nSPS) is 21.9. The number of nitrogens with zero attached hydrogens (tertiary/aromatic N) is 3. The smallest absolute Gasteiger partial charge is 0.276 e. The zero-order valence-corrected chi connectivity index (χ0v) is 16.0. The molecule has 2 fully saturated rings. The Kier molecular flexibility index (Phi) is 5.38. The Balaban J connectivity index is 1.33. The van der Waals surface area contributed by atoms with Gasteiger partial charge < -0.3 is 14.2 Å². The average Bonchev–Trinajstić information content (AvgIpc) is 3.35. The number of thiophene rings is 1. The van der Waals surface area contributed by atoms with E-state index in [0.717, 1.165) is 52.2 Å². The third kappa shape index (κ3) is 4.00. The minimum Gasteiger partial charge on any atom is -0.373 e. The predicted octanol–water partition coefficient (Wildman–Crippen LogP) is 3.24. The van der Waals surface area contributed by atoms with E-state index in [4.69, 9.17) is 9.26 Å². The van der Waals surface area contributed by atoms with Gasteiger partial charge in [0.2, 0.25) is 0 Å². The lowest BCUT2D eigenvalue weighted by molar-refractivity contribution is 0.0750. The van der Waals surface area contributed by atoms with Gasteiger partial charge in [-0.05, 0) is 38.3 Å². The fraction of sp³-hybridized carbons (Fsp3) is 0.579. The largest absolute Gasteiger partial charge is 0.373 e. The molecular formula is C19H25N3O3S. The van der Waals surface area contributed by atoms with Gasteiger partial charge in [-0.15, -0.1) is 11.3 Å². The molecule has 0 N–H and O–H groups in total. The van der Waals surface area contributed by atoms with Gasteiger partial charge in [0.1, 0.15) is 5.76 Å².